The molecule has 1 aromatic rings. The number of benzene rings is 1. The fraction of sp³-hybridized carbons (Fsp3) is 0.500. The van der Waals surface area contributed by atoms with Gasteiger partial charge in [0.25, 0.3) is 0 Å². The first-order valence-electron chi connectivity index (χ1n) is 8.38. The van der Waals surface area contributed by atoms with E-state index in [1.54, 1.807) is 0 Å². The van der Waals surface area contributed by atoms with Gasteiger partial charge in [-0.05, 0) is 36.8 Å². The van der Waals surface area contributed by atoms with Gasteiger partial charge < -0.3 is 14.9 Å². The van der Waals surface area contributed by atoms with Crippen molar-refractivity contribution in [3.63, 3.8) is 0 Å². The lowest BCUT2D eigenvalue weighted by Crippen LogP contribution is -2.53. The predicted octanol–water partition coefficient (Wildman–Crippen LogP) is 1.68. The molecule has 0 spiro atoms. The molecule has 3 rings (SSSR count). The molecule has 1 N–H and O–H groups in total. The van der Waals surface area contributed by atoms with Crippen LogP contribution in [-0.4, -0.2) is 46.9 Å². The summed E-state index contributed by atoms with van der Waals surface area (Å²) in [5, 5.41) is 9.42. The zero-order valence-electron chi connectivity index (χ0n) is 13.8. The molecule has 2 heterocycles. The highest BCUT2D eigenvalue weighted by molar-refractivity contribution is 6.01. The van der Waals surface area contributed by atoms with Crippen molar-refractivity contribution in [2.24, 2.45) is 5.92 Å². The van der Waals surface area contributed by atoms with Crippen LogP contribution >= 0.6 is 0 Å². The van der Waals surface area contributed by atoms with Crippen LogP contribution in [0.1, 0.15) is 31.7 Å². The van der Waals surface area contributed by atoms with Crippen LogP contribution in [0.5, 0.6) is 0 Å². The molecular formula is C18H22N2O4. The lowest BCUT2D eigenvalue weighted by Gasteiger charge is -2.38. The third-order valence-electron chi connectivity index (χ3n) is 4.96. The summed E-state index contributed by atoms with van der Waals surface area (Å²) in [6, 6.07) is 6.77. The molecular weight excluding hydrogens is 308 g/mol. The highest BCUT2D eigenvalue weighted by atomic mass is 16.4. The Hall–Kier alpha value is -2.37. The average molecular weight is 330 g/mol. The number of carboxylic acids is 1. The Labute approximate surface area is 141 Å². The largest absolute Gasteiger partial charge is 0.480 e. The van der Waals surface area contributed by atoms with Crippen LogP contribution in [0.25, 0.3) is 0 Å². The highest BCUT2D eigenvalue weighted by Gasteiger charge is 2.36. The summed E-state index contributed by atoms with van der Waals surface area (Å²) in [6.07, 6.45) is 2.31. The molecule has 6 heteroatoms. The summed E-state index contributed by atoms with van der Waals surface area (Å²) in [4.78, 5) is 39.4. The SMILES string of the molecule is CC1CCN(C(=O)CN2C(=O)CCc3ccccc32)C(C(=O)O)C1. The molecule has 24 heavy (non-hydrogen) atoms. The number of aliphatic carboxylic acids is 1. The van der Waals surface area contributed by atoms with E-state index in [1.165, 1.54) is 9.80 Å². The van der Waals surface area contributed by atoms with E-state index < -0.39 is 12.0 Å². The molecule has 128 valence electrons. The van der Waals surface area contributed by atoms with Crippen molar-refractivity contribution in [2.75, 3.05) is 18.0 Å². The normalized spacial score (nSPS) is 23.8. The molecule has 6 nitrogen and oxygen atoms in total. The van der Waals surface area contributed by atoms with Gasteiger partial charge in [-0.3, -0.25) is 9.59 Å². The Morgan fingerprint density at radius 1 is 1.25 bits per heavy atom. The number of carbonyl (C=O) groups is 3. The second kappa shape index (κ2) is 6.63. The van der Waals surface area contributed by atoms with Gasteiger partial charge in [-0.1, -0.05) is 25.1 Å². The number of piperidine rings is 1. The molecule has 2 aliphatic rings. The second-order valence-corrected chi connectivity index (χ2v) is 6.68. The van der Waals surface area contributed by atoms with Crippen LogP contribution in [0.3, 0.4) is 0 Å². The number of hydrogen-bond donors (Lipinski definition) is 1. The zero-order chi connectivity index (χ0) is 17.3. The number of anilines is 1. The Kier molecular flexibility index (Phi) is 4.55. The van der Waals surface area contributed by atoms with E-state index in [0.717, 1.165) is 17.7 Å². The number of hydrogen-bond acceptors (Lipinski definition) is 3. The number of rotatable bonds is 3. The first-order chi connectivity index (χ1) is 11.5. The monoisotopic (exact) mass is 330 g/mol. The Morgan fingerprint density at radius 3 is 2.75 bits per heavy atom. The summed E-state index contributed by atoms with van der Waals surface area (Å²) in [5.41, 5.74) is 1.81. The fourth-order valence-corrected chi connectivity index (χ4v) is 3.57. The Balaban J connectivity index is 1.79. The lowest BCUT2D eigenvalue weighted by molar-refractivity contribution is -0.152. The standard InChI is InChI=1S/C18H22N2O4/c1-12-8-9-19(15(10-12)18(23)24)17(22)11-20-14-5-3-2-4-13(14)6-7-16(20)21/h2-5,12,15H,6-11H2,1H3,(H,23,24). The molecule has 2 amide bonds. The first kappa shape index (κ1) is 16.5. The quantitative estimate of drug-likeness (QED) is 0.914. The molecule has 0 radical (unpaired) electrons. The number of likely N-dealkylation sites (tertiary alicyclic amines) is 1. The Bertz CT molecular complexity index is 673. The van der Waals surface area contributed by atoms with Gasteiger partial charge in [0.2, 0.25) is 11.8 Å². The van der Waals surface area contributed by atoms with Crippen molar-refractivity contribution < 1.29 is 19.5 Å². The zero-order valence-corrected chi connectivity index (χ0v) is 13.8. The van der Waals surface area contributed by atoms with Crippen LogP contribution < -0.4 is 4.90 Å². The maximum absolute atomic E-state index is 12.7. The topological polar surface area (TPSA) is 77.9 Å². The number of carbonyl (C=O) groups excluding carboxylic acids is 2. The minimum Gasteiger partial charge on any atom is -0.480 e. The van der Waals surface area contributed by atoms with E-state index in [-0.39, 0.29) is 24.3 Å². The molecule has 1 saturated heterocycles. The Morgan fingerprint density at radius 2 is 2.00 bits per heavy atom. The van der Waals surface area contributed by atoms with Crippen LogP contribution in [-0.2, 0) is 20.8 Å². The molecule has 0 aromatic heterocycles. The molecule has 1 aromatic carbocycles. The maximum Gasteiger partial charge on any atom is 0.326 e. The van der Waals surface area contributed by atoms with Gasteiger partial charge in [-0.2, -0.15) is 0 Å². The molecule has 0 saturated carbocycles. The minimum absolute atomic E-state index is 0.0840. The van der Waals surface area contributed by atoms with Crippen molar-refractivity contribution in [3.05, 3.63) is 29.8 Å². The van der Waals surface area contributed by atoms with E-state index >= 15 is 0 Å². The number of amides is 2. The lowest BCUT2D eigenvalue weighted by atomic mass is 9.92. The van der Waals surface area contributed by atoms with E-state index in [1.807, 2.05) is 31.2 Å². The van der Waals surface area contributed by atoms with Gasteiger partial charge in [-0.25, -0.2) is 4.79 Å². The van der Waals surface area contributed by atoms with Crippen LogP contribution in [0, 0.1) is 5.92 Å². The number of para-hydroxylation sites is 1. The smallest absolute Gasteiger partial charge is 0.326 e. The summed E-state index contributed by atoms with van der Waals surface area (Å²) in [6.45, 7) is 2.34. The van der Waals surface area contributed by atoms with E-state index in [0.29, 0.717) is 25.8 Å². The van der Waals surface area contributed by atoms with Crippen LogP contribution in [0.4, 0.5) is 5.69 Å². The average Bonchev–Trinajstić information content (AvgIpc) is 2.57. The van der Waals surface area contributed by atoms with Crippen molar-refractivity contribution in [2.45, 2.75) is 38.6 Å². The van der Waals surface area contributed by atoms with Crippen LogP contribution in [0.15, 0.2) is 24.3 Å². The number of fused-ring (bicyclic) bond motifs is 1. The summed E-state index contributed by atoms with van der Waals surface area (Å²) in [5.74, 6) is -1.06. The number of nitrogens with zero attached hydrogens (tertiary/aromatic N) is 2. The van der Waals surface area contributed by atoms with Crippen molar-refractivity contribution >= 4 is 23.5 Å². The maximum atomic E-state index is 12.7. The van der Waals surface area contributed by atoms with Gasteiger partial charge in [0.05, 0.1) is 0 Å². The van der Waals surface area contributed by atoms with Gasteiger partial charge in [0.1, 0.15) is 12.6 Å². The summed E-state index contributed by atoms with van der Waals surface area (Å²) < 4.78 is 0. The molecule has 2 unspecified atom stereocenters. The van der Waals surface area contributed by atoms with Gasteiger partial charge in [0, 0.05) is 18.7 Å². The fourth-order valence-electron chi connectivity index (χ4n) is 3.57. The molecule has 0 bridgehead atoms. The number of carboxylic acid groups (broad SMARTS) is 1. The second-order valence-electron chi connectivity index (χ2n) is 6.68. The summed E-state index contributed by atoms with van der Waals surface area (Å²) >= 11 is 0. The van der Waals surface area contributed by atoms with Gasteiger partial charge >= 0.3 is 5.97 Å². The minimum atomic E-state index is -0.972. The van der Waals surface area contributed by atoms with Crippen LogP contribution in [0.2, 0.25) is 0 Å². The van der Waals surface area contributed by atoms with Gasteiger partial charge in [0.15, 0.2) is 0 Å². The van der Waals surface area contributed by atoms with Crippen molar-refractivity contribution in [3.8, 4) is 0 Å². The van der Waals surface area contributed by atoms with Crippen molar-refractivity contribution in [1.82, 2.24) is 4.90 Å². The summed E-state index contributed by atoms with van der Waals surface area (Å²) in [7, 11) is 0. The first-order valence-corrected chi connectivity index (χ1v) is 8.38. The third-order valence-corrected chi connectivity index (χ3v) is 4.96. The van der Waals surface area contributed by atoms with Crippen molar-refractivity contribution in [1.29, 1.82) is 0 Å². The predicted molar refractivity (Wildman–Crippen MR) is 88.7 cm³/mol. The van der Waals surface area contributed by atoms with E-state index in [2.05, 4.69) is 0 Å². The number of aryl methyl sites for hydroxylation is 1. The molecule has 2 atom stereocenters. The third kappa shape index (κ3) is 3.13. The van der Waals surface area contributed by atoms with Gasteiger partial charge in [-0.15, -0.1) is 0 Å². The molecule has 0 aliphatic carbocycles. The molecule has 1 fully saturated rings. The van der Waals surface area contributed by atoms with E-state index in [9.17, 15) is 19.5 Å². The van der Waals surface area contributed by atoms with E-state index in [4.69, 9.17) is 0 Å². The molecule has 2 aliphatic heterocycles. The highest BCUT2D eigenvalue weighted by Crippen LogP contribution is 2.28.